The van der Waals surface area contributed by atoms with Crippen LogP contribution in [-0.4, -0.2) is 5.16 Å². The van der Waals surface area contributed by atoms with E-state index in [1.165, 1.54) is 6.07 Å². The van der Waals surface area contributed by atoms with Gasteiger partial charge >= 0.3 is 0 Å². The first kappa shape index (κ1) is 13.7. The number of halogens is 2. The molecule has 0 atom stereocenters. The lowest BCUT2D eigenvalue weighted by atomic mass is 10.0. The van der Waals surface area contributed by atoms with E-state index in [4.69, 9.17) is 26.3 Å². The van der Waals surface area contributed by atoms with Gasteiger partial charge in [-0.05, 0) is 18.2 Å². The van der Waals surface area contributed by atoms with E-state index in [1.807, 2.05) is 12.1 Å². The van der Waals surface area contributed by atoms with Gasteiger partial charge in [0.2, 0.25) is 5.88 Å². The van der Waals surface area contributed by atoms with Crippen LogP contribution in [-0.2, 0) is 12.8 Å². The molecule has 0 radical (unpaired) electrons. The molecule has 0 aliphatic carbocycles. The maximum atomic E-state index is 14.2. The number of rotatable bonds is 4. The van der Waals surface area contributed by atoms with Gasteiger partial charge in [0.15, 0.2) is 0 Å². The Balaban J connectivity index is 1.95. The van der Waals surface area contributed by atoms with Crippen molar-refractivity contribution in [2.24, 2.45) is 0 Å². The van der Waals surface area contributed by atoms with E-state index in [1.54, 1.807) is 18.4 Å². The normalized spacial score (nSPS) is 11.0. The monoisotopic (exact) mass is 306 g/mol. The summed E-state index contributed by atoms with van der Waals surface area (Å²) < 4.78 is 24.4. The molecule has 21 heavy (non-hydrogen) atoms. The van der Waals surface area contributed by atoms with Crippen LogP contribution in [0.15, 0.2) is 45.5 Å². The van der Waals surface area contributed by atoms with E-state index < -0.39 is 5.82 Å². The molecule has 2 aromatic heterocycles. The van der Waals surface area contributed by atoms with Crippen LogP contribution in [0.3, 0.4) is 0 Å². The lowest BCUT2D eigenvalue weighted by Gasteiger charge is -2.05. The largest absolute Gasteiger partial charge is 0.469 e. The fraction of sp³-hybridized carbons (Fsp3) is 0.133. The SMILES string of the molecule is Nc1onc(CCc2ccco2)c1-c1cccc(Cl)c1F. The van der Waals surface area contributed by atoms with Gasteiger partial charge in [0, 0.05) is 18.4 Å². The summed E-state index contributed by atoms with van der Waals surface area (Å²) in [5, 5.41) is 3.94. The number of aryl methyl sites for hydroxylation is 2. The van der Waals surface area contributed by atoms with E-state index in [2.05, 4.69) is 5.16 Å². The Bertz CT molecular complexity index is 753. The van der Waals surface area contributed by atoms with Gasteiger partial charge in [-0.3, -0.25) is 0 Å². The fourth-order valence-corrected chi connectivity index (χ4v) is 2.36. The van der Waals surface area contributed by atoms with Crippen molar-refractivity contribution in [3.8, 4) is 11.1 Å². The number of anilines is 1. The molecule has 1 aromatic carbocycles. The van der Waals surface area contributed by atoms with Gasteiger partial charge in [0.1, 0.15) is 11.6 Å². The fourth-order valence-electron chi connectivity index (χ4n) is 2.19. The summed E-state index contributed by atoms with van der Waals surface area (Å²) in [5.74, 6) is 0.355. The predicted molar refractivity (Wildman–Crippen MR) is 77.4 cm³/mol. The van der Waals surface area contributed by atoms with Crippen LogP contribution in [0.25, 0.3) is 11.1 Å². The van der Waals surface area contributed by atoms with Gasteiger partial charge < -0.3 is 14.7 Å². The van der Waals surface area contributed by atoms with Crippen molar-refractivity contribution in [2.45, 2.75) is 12.8 Å². The van der Waals surface area contributed by atoms with Crippen LogP contribution in [0.4, 0.5) is 10.3 Å². The number of hydrogen-bond acceptors (Lipinski definition) is 4. The van der Waals surface area contributed by atoms with Crippen molar-refractivity contribution >= 4 is 17.5 Å². The summed E-state index contributed by atoms with van der Waals surface area (Å²) in [7, 11) is 0. The van der Waals surface area contributed by atoms with Crippen molar-refractivity contribution in [2.75, 3.05) is 5.73 Å². The number of nitrogens with zero attached hydrogens (tertiary/aromatic N) is 1. The van der Waals surface area contributed by atoms with Crippen LogP contribution in [0.1, 0.15) is 11.5 Å². The number of aromatic nitrogens is 1. The zero-order valence-corrected chi connectivity index (χ0v) is 11.7. The highest BCUT2D eigenvalue weighted by atomic mass is 35.5. The maximum Gasteiger partial charge on any atom is 0.230 e. The van der Waals surface area contributed by atoms with Crippen LogP contribution < -0.4 is 5.73 Å². The molecule has 0 aliphatic rings. The van der Waals surface area contributed by atoms with E-state index in [-0.39, 0.29) is 16.5 Å². The van der Waals surface area contributed by atoms with Crippen LogP contribution in [0.5, 0.6) is 0 Å². The second-order valence-electron chi connectivity index (χ2n) is 4.55. The molecular weight excluding hydrogens is 295 g/mol. The Morgan fingerprint density at radius 1 is 1.19 bits per heavy atom. The quantitative estimate of drug-likeness (QED) is 0.788. The number of nitrogen functional groups attached to an aromatic ring is 1. The van der Waals surface area contributed by atoms with E-state index in [0.29, 0.717) is 24.1 Å². The van der Waals surface area contributed by atoms with Gasteiger partial charge in [0.05, 0.1) is 22.5 Å². The molecule has 2 heterocycles. The first-order valence-electron chi connectivity index (χ1n) is 6.37. The first-order chi connectivity index (χ1) is 10.2. The third-order valence-corrected chi connectivity index (χ3v) is 3.49. The van der Waals surface area contributed by atoms with Crippen LogP contribution >= 0.6 is 11.6 Å². The average Bonchev–Trinajstić information content (AvgIpc) is 3.10. The van der Waals surface area contributed by atoms with Crippen molar-refractivity contribution in [3.05, 3.63) is 58.9 Å². The second kappa shape index (κ2) is 5.61. The summed E-state index contributed by atoms with van der Waals surface area (Å²) in [6.45, 7) is 0. The lowest BCUT2D eigenvalue weighted by molar-refractivity contribution is 0.425. The van der Waals surface area contributed by atoms with Gasteiger partial charge in [-0.2, -0.15) is 0 Å². The smallest absolute Gasteiger partial charge is 0.230 e. The lowest BCUT2D eigenvalue weighted by Crippen LogP contribution is -1.96. The highest BCUT2D eigenvalue weighted by molar-refractivity contribution is 6.31. The topological polar surface area (TPSA) is 65.2 Å². The average molecular weight is 307 g/mol. The minimum atomic E-state index is -0.534. The maximum absolute atomic E-state index is 14.2. The highest BCUT2D eigenvalue weighted by Crippen LogP contribution is 2.34. The summed E-state index contributed by atoms with van der Waals surface area (Å²) >= 11 is 5.81. The van der Waals surface area contributed by atoms with Crippen molar-refractivity contribution in [1.29, 1.82) is 0 Å². The van der Waals surface area contributed by atoms with E-state index >= 15 is 0 Å². The Morgan fingerprint density at radius 3 is 2.81 bits per heavy atom. The van der Waals surface area contributed by atoms with Crippen molar-refractivity contribution < 1.29 is 13.3 Å². The highest BCUT2D eigenvalue weighted by Gasteiger charge is 2.20. The molecule has 0 unspecified atom stereocenters. The molecule has 0 bridgehead atoms. The molecule has 0 saturated carbocycles. The number of benzene rings is 1. The standard InChI is InChI=1S/C15H12ClFN2O2/c16-11-5-1-4-10(14(11)17)13-12(19-21-15(13)18)7-6-9-3-2-8-20-9/h1-5,8H,6-7,18H2. The number of nitrogens with two attached hydrogens (primary N) is 1. The van der Waals surface area contributed by atoms with E-state index in [9.17, 15) is 4.39 Å². The first-order valence-corrected chi connectivity index (χ1v) is 6.75. The summed E-state index contributed by atoms with van der Waals surface area (Å²) in [5.41, 5.74) is 7.09. The summed E-state index contributed by atoms with van der Waals surface area (Å²) in [4.78, 5) is 0. The Hall–Kier alpha value is -2.27. The van der Waals surface area contributed by atoms with Crippen LogP contribution in [0, 0.1) is 5.82 Å². The van der Waals surface area contributed by atoms with Gasteiger partial charge in [-0.1, -0.05) is 28.9 Å². The Labute approximate surface area is 125 Å². The van der Waals surface area contributed by atoms with Crippen molar-refractivity contribution in [3.63, 3.8) is 0 Å². The molecule has 0 spiro atoms. The minimum absolute atomic E-state index is 0.0325. The summed E-state index contributed by atoms with van der Waals surface area (Å²) in [6.07, 6.45) is 2.74. The van der Waals surface area contributed by atoms with Crippen LogP contribution in [0.2, 0.25) is 5.02 Å². The zero-order valence-electron chi connectivity index (χ0n) is 11.0. The second-order valence-corrected chi connectivity index (χ2v) is 4.96. The zero-order chi connectivity index (χ0) is 14.8. The van der Waals surface area contributed by atoms with Gasteiger partial charge in [-0.15, -0.1) is 0 Å². The third kappa shape index (κ3) is 2.64. The number of hydrogen-bond donors (Lipinski definition) is 1. The Kier molecular flexibility index (Phi) is 3.66. The molecule has 0 amide bonds. The minimum Gasteiger partial charge on any atom is -0.469 e. The molecule has 3 rings (SSSR count). The molecule has 4 nitrogen and oxygen atoms in total. The molecule has 6 heteroatoms. The molecule has 0 saturated heterocycles. The Morgan fingerprint density at radius 2 is 2.05 bits per heavy atom. The molecule has 2 N–H and O–H groups in total. The molecule has 0 fully saturated rings. The van der Waals surface area contributed by atoms with Gasteiger partial charge in [-0.25, -0.2) is 4.39 Å². The third-order valence-electron chi connectivity index (χ3n) is 3.20. The molecule has 0 aliphatic heterocycles. The number of furan rings is 1. The molecular formula is C15H12ClFN2O2. The van der Waals surface area contributed by atoms with Crippen molar-refractivity contribution in [1.82, 2.24) is 5.16 Å². The molecule has 3 aromatic rings. The van der Waals surface area contributed by atoms with Gasteiger partial charge in [0.25, 0.3) is 0 Å². The van der Waals surface area contributed by atoms with E-state index in [0.717, 1.165) is 5.76 Å². The summed E-state index contributed by atoms with van der Waals surface area (Å²) in [6, 6.07) is 8.41. The predicted octanol–water partition coefficient (Wildman–Crippen LogP) is 4.09. The molecule has 108 valence electrons.